The zero-order valence-corrected chi connectivity index (χ0v) is 18.8. The number of hydrogen-bond acceptors (Lipinski definition) is 6. The van der Waals surface area contributed by atoms with Gasteiger partial charge in [0.05, 0.1) is 10.4 Å². The third-order valence-corrected chi connectivity index (χ3v) is 6.94. The fourth-order valence-corrected chi connectivity index (χ4v) is 4.70. The first kappa shape index (κ1) is 21.2. The summed E-state index contributed by atoms with van der Waals surface area (Å²) in [5, 5.41) is 1.04. The molecule has 1 aliphatic heterocycles. The summed E-state index contributed by atoms with van der Waals surface area (Å²) in [6.45, 7) is 0.192. The number of sulfone groups is 1. The SMILES string of the molecule is CS(=O)(=O)c1ccc(C2OC=NC2(COc2ccc3ccccc3n2)c2ccccc2)cc1. The van der Waals surface area contributed by atoms with E-state index < -0.39 is 21.5 Å². The summed E-state index contributed by atoms with van der Waals surface area (Å²) in [5.41, 5.74) is 1.72. The predicted octanol–water partition coefficient (Wildman–Crippen LogP) is 4.71. The van der Waals surface area contributed by atoms with Gasteiger partial charge in [-0.3, -0.25) is 0 Å². The van der Waals surface area contributed by atoms with E-state index in [1.54, 1.807) is 24.3 Å². The number of benzene rings is 3. The second-order valence-corrected chi connectivity index (χ2v) is 10.0. The highest BCUT2D eigenvalue weighted by Gasteiger charge is 2.47. The van der Waals surface area contributed by atoms with Crippen LogP contribution in [0.25, 0.3) is 10.9 Å². The number of pyridine rings is 1. The van der Waals surface area contributed by atoms with Crippen LogP contribution in [0, 0.1) is 0 Å². The van der Waals surface area contributed by atoms with Crippen molar-refractivity contribution in [1.29, 1.82) is 0 Å². The lowest BCUT2D eigenvalue weighted by molar-refractivity contribution is 0.0934. The summed E-state index contributed by atoms with van der Waals surface area (Å²) in [6.07, 6.45) is 2.14. The van der Waals surface area contributed by atoms with Crippen LogP contribution in [0.15, 0.2) is 101 Å². The molecule has 166 valence electrons. The van der Waals surface area contributed by atoms with Gasteiger partial charge in [-0.25, -0.2) is 18.4 Å². The van der Waals surface area contributed by atoms with E-state index in [1.807, 2.05) is 66.7 Å². The highest BCUT2D eigenvalue weighted by atomic mass is 32.2. The average molecular weight is 459 g/mol. The number of rotatable bonds is 6. The molecule has 7 heteroatoms. The van der Waals surface area contributed by atoms with Crippen LogP contribution in [0.1, 0.15) is 17.2 Å². The van der Waals surface area contributed by atoms with Gasteiger partial charge < -0.3 is 9.47 Å². The first-order chi connectivity index (χ1) is 16.0. The normalized spacial score (nSPS) is 20.0. The lowest BCUT2D eigenvalue weighted by atomic mass is 9.82. The zero-order chi connectivity index (χ0) is 22.9. The molecule has 0 spiro atoms. The van der Waals surface area contributed by atoms with Crippen LogP contribution in [0.3, 0.4) is 0 Å². The van der Waals surface area contributed by atoms with Gasteiger partial charge in [-0.05, 0) is 35.4 Å². The minimum Gasteiger partial charge on any atom is -0.475 e. The predicted molar refractivity (Wildman–Crippen MR) is 127 cm³/mol. The Morgan fingerprint density at radius 2 is 1.64 bits per heavy atom. The smallest absolute Gasteiger partial charge is 0.213 e. The summed E-state index contributed by atoms with van der Waals surface area (Å²) in [4.78, 5) is 9.60. The maximum absolute atomic E-state index is 11.9. The number of ether oxygens (including phenoxy) is 2. The molecule has 0 bridgehead atoms. The van der Waals surface area contributed by atoms with E-state index in [0.717, 1.165) is 22.0 Å². The Labute approximate surface area is 192 Å². The largest absolute Gasteiger partial charge is 0.475 e. The third kappa shape index (κ3) is 4.07. The van der Waals surface area contributed by atoms with Gasteiger partial charge >= 0.3 is 0 Å². The van der Waals surface area contributed by atoms with Crippen molar-refractivity contribution >= 4 is 27.1 Å². The molecule has 0 aliphatic carbocycles. The Bertz CT molecular complexity index is 1420. The minimum absolute atomic E-state index is 0.192. The van der Waals surface area contributed by atoms with Crippen LogP contribution in [0.5, 0.6) is 5.88 Å². The Morgan fingerprint density at radius 3 is 2.39 bits per heavy atom. The molecule has 0 fully saturated rings. The van der Waals surface area contributed by atoms with Gasteiger partial charge in [-0.1, -0.05) is 60.7 Å². The van der Waals surface area contributed by atoms with Gasteiger partial charge in [-0.2, -0.15) is 0 Å². The summed E-state index contributed by atoms with van der Waals surface area (Å²) in [7, 11) is -3.29. The number of aromatic nitrogens is 1. The van der Waals surface area contributed by atoms with E-state index in [9.17, 15) is 8.42 Å². The van der Waals surface area contributed by atoms with Crippen molar-refractivity contribution in [3.63, 3.8) is 0 Å². The molecule has 0 radical (unpaired) electrons. The summed E-state index contributed by atoms with van der Waals surface area (Å²) in [5.74, 6) is 0.497. The molecule has 2 heterocycles. The maximum Gasteiger partial charge on any atom is 0.213 e. The van der Waals surface area contributed by atoms with Crippen molar-refractivity contribution in [3.8, 4) is 5.88 Å². The van der Waals surface area contributed by atoms with Crippen LogP contribution in [0.4, 0.5) is 0 Å². The first-order valence-corrected chi connectivity index (χ1v) is 12.4. The summed E-state index contributed by atoms with van der Waals surface area (Å²) >= 11 is 0. The van der Waals surface area contributed by atoms with E-state index in [2.05, 4.69) is 4.98 Å². The van der Waals surface area contributed by atoms with E-state index >= 15 is 0 Å². The number of para-hydroxylation sites is 1. The standard InChI is InChI=1S/C26H22N2O4S/c1-33(29,30)22-14-11-20(12-15-22)25-26(27-18-32-25,21-8-3-2-4-9-21)17-31-24-16-13-19-7-5-6-10-23(19)28-24/h2-16,18,25H,17H2,1H3. The number of aliphatic imine (C=N–C) groups is 1. The van der Waals surface area contributed by atoms with Crippen molar-refractivity contribution in [2.45, 2.75) is 16.5 Å². The fourth-order valence-electron chi connectivity index (χ4n) is 4.07. The molecule has 0 saturated carbocycles. The molecule has 5 rings (SSSR count). The Hall–Kier alpha value is -3.71. The van der Waals surface area contributed by atoms with Crippen molar-refractivity contribution in [2.75, 3.05) is 12.9 Å². The molecule has 1 aromatic heterocycles. The minimum atomic E-state index is -3.29. The van der Waals surface area contributed by atoms with E-state index in [4.69, 9.17) is 14.5 Å². The van der Waals surface area contributed by atoms with Gasteiger partial charge in [0.25, 0.3) is 0 Å². The van der Waals surface area contributed by atoms with E-state index in [0.29, 0.717) is 5.88 Å². The highest BCUT2D eigenvalue weighted by molar-refractivity contribution is 7.90. The molecule has 2 atom stereocenters. The summed E-state index contributed by atoms with van der Waals surface area (Å²) < 4.78 is 35.9. The maximum atomic E-state index is 11.9. The van der Waals surface area contributed by atoms with Gasteiger partial charge in [0.15, 0.2) is 27.9 Å². The van der Waals surface area contributed by atoms with Crippen LogP contribution in [0.2, 0.25) is 0 Å². The molecule has 0 amide bonds. The van der Waals surface area contributed by atoms with Gasteiger partial charge in [0.1, 0.15) is 6.61 Å². The van der Waals surface area contributed by atoms with Gasteiger partial charge in [-0.15, -0.1) is 0 Å². The lowest BCUT2D eigenvalue weighted by Gasteiger charge is -2.32. The molecule has 0 N–H and O–H groups in total. The third-order valence-electron chi connectivity index (χ3n) is 5.81. The van der Waals surface area contributed by atoms with Crippen molar-refractivity contribution in [2.24, 2.45) is 4.99 Å². The molecule has 0 saturated heterocycles. The lowest BCUT2D eigenvalue weighted by Crippen LogP contribution is -2.36. The monoisotopic (exact) mass is 458 g/mol. The van der Waals surface area contributed by atoms with Crippen LogP contribution < -0.4 is 4.74 Å². The topological polar surface area (TPSA) is 77.9 Å². The number of hydrogen-bond donors (Lipinski definition) is 0. The quantitative estimate of drug-likeness (QED) is 0.418. The molecular weight excluding hydrogens is 436 g/mol. The molecule has 33 heavy (non-hydrogen) atoms. The van der Waals surface area contributed by atoms with Crippen LogP contribution >= 0.6 is 0 Å². The number of fused-ring (bicyclic) bond motifs is 1. The number of nitrogens with zero attached hydrogens (tertiary/aromatic N) is 2. The van der Waals surface area contributed by atoms with Gasteiger partial charge in [0, 0.05) is 17.7 Å². The van der Waals surface area contributed by atoms with E-state index in [-0.39, 0.29) is 11.5 Å². The Balaban J connectivity index is 1.51. The zero-order valence-electron chi connectivity index (χ0n) is 18.0. The second kappa shape index (κ2) is 8.33. The van der Waals surface area contributed by atoms with E-state index in [1.165, 1.54) is 12.7 Å². The fraction of sp³-hybridized carbons (Fsp3) is 0.154. The van der Waals surface area contributed by atoms with Crippen LogP contribution in [-0.4, -0.2) is 32.7 Å². The second-order valence-electron chi connectivity index (χ2n) is 8.01. The molecule has 1 aliphatic rings. The first-order valence-electron chi connectivity index (χ1n) is 10.5. The van der Waals surface area contributed by atoms with Crippen molar-refractivity contribution in [3.05, 3.63) is 102 Å². The Kier molecular flexibility index (Phi) is 5.34. The van der Waals surface area contributed by atoms with Gasteiger partial charge in [0.2, 0.25) is 5.88 Å². The van der Waals surface area contributed by atoms with Crippen LogP contribution in [-0.2, 0) is 20.1 Å². The highest BCUT2D eigenvalue weighted by Crippen LogP contribution is 2.44. The molecule has 3 aromatic carbocycles. The van der Waals surface area contributed by atoms with Crippen molar-refractivity contribution < 1.29 is 17.9 Å². The summed E-state index contributed by atoms with van der Waals surface area (Å²) in [6, 6.07) is 28.2. The Morgan fingerprint density at radius 1 is 0.909 bits per heavy atom. The molecule has 2 unspecified atom stereocenters. The molecule has 6 nitrogen and oxygen atoms in total. The van der Waals surface area contributed by atoms with Crippen molar-refractivity contribution in [1.82, 2.24) is 4.98 Å². The average Bonchev–Trinajstić information content (AvgIpc) is 3.28. The molecular formula is C26H22N2O4S. The molecule has 4 aromatic rings.